The van der Waals surface area contributed by atoms with Crippen LogP contribution in [0, 0.1) is 13.8 Å². The fourth-order valence-corrected chi connectivity index (χ4v) is 2.87. The van der Waals surface area contributed by atoms with Crippen LogP contribution in [0.15, 0.2) is 24.8 Å². The van der Waals surface area contributed by atoms with Gasteiger partial charge in [0.05, 0.1) is 18.9 Å². The zero-order valence-electron chi connectivity index (χ0n) is 14.2. The monoisotopic (exact) mass is 329 g/mol. The van der Waals surface area contributed by atoms with Gasteiger partial charge in [-0.05, 0) is 38.3 Å². The Balaban J connectivity index is 1.51. The van der Waals surface area contributed by atoms with Crippen LogP contribution in [0.5, 0.6) is 0 Å². The smallest absolute Gasteiger partial charge is 0.244 e. The van der Waals surface area contributed by atoms with Crippen molar-refractivity contribution < 1.29 is 9.53 Å². The molecule has 0 aliphatic carbocycles. The number of aromatic nitrogens is 4. The summed E-state index contributed by atoms with van der Waals surface area (Å²) in [5.74, 6) is 0.0873. The Kier molecular flexibility index (Phi) is 5.20. The van der Waals surface area contributed by atoms with Crippen molar-refractivity contribution in [3.63, 3.8) is 0 Å². The second-order valence-corrected chi connectivity index (χ2v) is 6.24. The van der Waals surface area contributed by atoms with Crippen molar-refractivity contribution in [1.82, 2.24) is 24.6 Å². The van der Waals surface area contributed by atoms with E-state index < -0.39 is 0 Å². The van der Waals surface area contributed by atoms with Crippen molar-refractivity contribution in [1.29, 1.82) is 0 Å². The van der Waals surface area contributed by atoms with Crippen LogP contribution in [0.4, 0.5) is 0 Å². The molecule has 0 saturated carbocycles. The van der Waals surface area contributed by atoms with Crippen molar-refractivity contribution in [2.75, 3.05) is 19.7 Å². The molecule has 7 nitrogen and oxygen atoms in total. The highest BCUT2D eigenvalue weighted by Gasteiger charge is 2.24. The Morgan fingerprint density at radius 1 is 1.38 bits per heavy atom. The minimum Gasteiger partial charge on any atom is -0.375 e. The van der Waals surface area contributed by atoms with Gasteiger partial charge in [0.25, 0.3) is 0 Å². The molecular formula is C17H23N5O2. The molecule has 0 N–H and O–H groups in total. The van der Waals surface area contributed by atoms with Gasteiger partial charge in [-0.2, -0.15) is 5.10 Å². The summed E-state index contributed by atoms with van der Waals surface area (Å²) >= 11 is 0. The van der Waals surface area contributed by atoms with Gasteiger partial charge in [-0.3, -0.25) is 9.48 Å². The highest BCUT2D eigenvalue weighted by atomic mass is 16.5. The van der Waals surface area contributed by atoms with Crippen LogP contribution in [-0.4, -0.2) is 56.4 Å². The largest absolute Gasteiger partial charge is 0.375 e. The van der Waals surface area contributed by atoms with E-state index in [0.717, 1.165) is 29.8 Å². The van der Waals surface area contributed by atoms with Gasteiger partial charge in [-0.15, -0.1) is 0 Å². The van der Waals surface area contributed by atoms with E-state index in [1.807, 2.05) is 31.0 Å². The maximum atomic E-state index is 12.4. The lowest BCUT2D eigenvalue weighted by atomic mass is 10.1. The lowest BCUT2D eigenvalue weighted by Crippen LogP contribution is -2.46. The van der Waals surface area contributed by atoms with E-state index in [9.17, 15) is 4.79 Å². The summed E-state index contributed by atoms with van der Waals surface area (Å²) < 4.78 is 7.49. The quantitative estimate of drug-likeness (QED) is 0.823. The zero-order chi connectivity index (χ0) is 16.9. The average Bonchev–Trinajstić information content (AvgIpc) is 2.98. The predicted molar refractivity (Wildman–Crippen MR) is 88.4 cm³/mol. The van der Waals surface area contributed by atoms with Gasteiger partial charge in [-0.25, -0.2) is 9.97 Å². The summed E-state index contributed by atoms with van der Waals surface area (Å²) in [7, 11) is 0. The maximum Gasteiger partial charge on any atom is 0.244 e. The molecule has 3 rings (SSSR count). The molecule has 0 aromatic carbocycles. The molecular weight excluding hydrogens is 306 g/mol. The molecule has 128 valence electrons. The highest BCUT2D eigenvalue weighted by molar-refractivity contribution is 5.76. The number of carbonyl (C=O) groups is 1. The molecule has 24 heavy (non-hydrogen) atoms. The van der Waals surface area contributed by atoms with Crippen LogP contribution in [-0.2, 0) is 22.5 Å². The molecule has 0 radical (unpaired) electrons. The van der Waals surface area contributed by atoms with E-state index >= 15 is 0 Å². The molecule has 1 fully saturated rings. The van der Waals surface area contributed by atoms with Crippen LogP contribution in [0.25, 0.3) is 0 Å². The lowest BCUT2D eigenvalue weighted by molar-refractivity contribution is -0.139. The number of rotatable bonds is 5. The van der Waals surface area contributed by atoms with Gasteiger partial charge in [0.15, 0.2) is 0 Å². The van der Waals surface area contributed by atoms with Crippen molar-refractivity contribution in [3.05, 3.63) is 41.7 Å². The van der Waals surface area contributed by atoms with Crippen LogP contribution in [0.2, 0.25) is 0 Å². The summed E-state index contributed by atoms with van der Waals surface area (Å²) in [6.45, 7) is 6.06. The number of ether oxygens (including phenoxy) is 1. The van der Waals surface area contributed by atoms with Gasteiger partial charge >= 0.3 is 0 Å². The Labute approximate surface area is 141 Å². The number of aryl methyl sites for hydroxylation is 3. The molecule has 1 aliphatic rings. The zero-order valence-corrected chi connectivity index (χ0v) is 14.2. The Morgan fingerprint density at radius 3 is 3.00 bits per heavy atom. The molecule has 2 aromatic heterocycles. The number of hydrogen-bond donors (Lipinski definition) is 0. The molecule has 7 heteroatoms. The molecule has 1 saturated heterocycles. The molecule has 2 aromatic rings. The molecule has 0 spiro atoms. The number of nitrogens with zero attached hydrogens (tertiary/aromatic N) is 5. The summed E-state index contributed by atoms with van der Waals surface area (Å²) in [5, 5.41) is 4.18. The van der Waals surface area contributed by atoms with Crippen molar-refractivity contribution in [3.8, 4) is 0 Å². The normalized spacial score (nSPS) is 17.9. The fraction of sp³-hybridized carbons (Fsp3) is 0.529. The molecule has 1 aliphatic heterocycles. The summed E-state index contributed by atoms with van der Waals surface area (Å²) in [6, 6.07) is 1.99. The van der Waals surface area contributed by atoms with E-state index in [1.165, 1.54) is 0 Å². The Morgan fingerprint density at radius 2 is 2.25 bits per heavy atom. The Bertz CT molecular complexity index is 700. The first kappa shape index (κ1) is 16.6. The third-order valence-corrected chi connectivity index (χ3v) is 4.13. The first-order valence-corrected chi connectivity index (χ1v) is 8.26. The van der Waals surface area contributed by atoms with E-state index in [1.54, 1.807) is 17.2 Å². The molecule has 0 unspecified atom stereocenters. The van der Waals surface area contributed by atoms with E-state index in [0.29, 0.717) is 19.7 Å². The number of carbonyl (C=O) groups excluding carboxylic acids is 1. The summed E-state index contributed by atoms with van der Waals surface area (Å²) in [5.41, 5.74) is 3.04. The first-order chi connectivity index (χ1) is 11.6. The molecule has 3 heterocycles. The Hall–Kier alpha value is -2.28. The standard InChI is InChI=1S/C17H23N5O2/c1-13-8-20-22(9-13)11-17(23)21-5-6-24-16(10-21)4-3-15-7-14(2)18-12-19-15/h7-9,12,16H,3-6,10-11H2,1-2H3/t16-/m0/s1. The highest BCUT2D eigenvalue weighted by Crippen LogP contribution is 2.12. The molecule has 1 amide bonds. The number of hydrogen-bond acceptors (Lipinski definition) is 5. The second-order valence-electron chi connectivity index (χ2n) is 6.24. The van der Waals surface area contributed by atoms with Crippen LogP contribution >= 0.6 is 0 Å². The van der Waals surface area contributed by atoms with Gasteiger partial charge in [0.2, 0.25) is 5.91 Å². The van der Waals surface area contributed by atoms with Crippen LogP contribution in [0.1, 0.15) is 23.4 Å². The minimum absolute atomic E-state index is 0.0531. The van der Waals surface area contributed by atoms with Crippen molar-refractivity contribution in [2.24, 2.45) is 0 Å². The third-order valence-electron chi connectivity index (χ3n) is 4.13. The minimum atomic E-state index is 0.0531. The second kappa shape index (κ2) is 7.53. The molecule has 0 bridgehead atoms. The van der Waals surface area contributed by atoms with Gasteiger partial charge in [0.1, 0.15) is 12.9 Å². The number of morpholine rings is 1. The third kappa shape index (κ3) is 4.38. The van der Waals surface area contributed by atoms with Gasteiger partial charge < -0.3 is 9.64 Å². The van der Waals surface area contributed by atoms with E-state index in [2.05, 4.69) is 15.1 Å². The number of amides is 1. The van der Waals surface area contributed by atoms with Gasteiger partial charge in [0, 0.05) is 30.7 Å². The molecule has 1 atom stereocenters. The van der Waals surface area contributed by atoms with Crippen LogP contribution in [0.3, 0.4) is 0 Å². The fourth-order valence-electron chi connectivity index (χ4n) is 2.87. The van der Waals surface area contributed by atoms with Crippen molar-refractivity contribution in [2.45, 2.75) is 39.3 Å². The maximum absolute atomic E-state index is 12.4. The van der Waals surface area contributed by atoms with Crippen LogP contribution < -0.4 is 0 Å². The SMILES string of the molecule is Cc1cnn(CC(=O)N2CCO[C@@H](CCc3cc(C)ncn3)C2)c1. The topological polar surface area (TPSA) is 73.1 Å². The summed E-state index contributed by atoms with van der Waals surface area (Å²) in [6.07, 6.45) is 6.97. The summed E-state index contributed by atoms with van der Waals surface area (Å²) in [4.78, 5) is 22.7. The predicted octanol–water partition coefficient (Wildman–Crippen LogP) is 1.15. The van der Waals surface area contributed by atoms with E-state index in [4.69, 9.17) is 4.74 Å². The van der Waals surface area contributed by atoms with E-state index in [-0.39, 0.29) is 18.6 Å². The van der Waals surface area contributed by atoms with Gasteiger partial charge in [-0.1, -0.05) is 0 Å². The first-order valence-electron chi connectivity index (χ1n) is 8.26. The average molecular weight is 329 g/mol. The lowest BCUT2D eigenvalue weighted by Gasteiger charge is -2.33. The van der Waals surface area contributed by atoms with Crippen molar-refractivity contribution >= 4 is 5.91 Å².